The van der Waals surface area contributed by atoms with Crippen molar-refractivity contribution in [1.82, 2.24) is 9.97 Å². The fraction of sp³-hybridized carbons (Fsp3) is 0.160. The lowest BCUT2D eigenvalue weighted by Crippen LogP contribution is -2.36. The van der Waals surface area contributed by atoms with E-state index in [1.54, 1.807) is 36.4 Å². The molecule has 172 valence electrons. The number of ether oxygens (including phenoxy) is 1. The number of aromatic nitrogens is 2. The number of nitrogens with one attached hydrogen (secondary N) is 4. The summed E-state index contributed by atoms with van der Waals surface area (Å²) in [4.78, 5) is 35.0. The normalized spacial score (nSPS) is 13.5. The molecule has 2 heterocycles. The third-order valence-corrected chi connectivity index (χ3v) is 5.47. The minimum absolute atomic E-state index is 0.243. The van der Waals surface area contributed by atoms with Crippen molar-refractivity contribution < 1.29 is 14.3 Å². The highest BCUT2D eigenvalue weighted by molar-refractivity contribution is 6.05. The number of carbonyl (C=O) groups is 2. The Morgan fingerprint density at radius 2 is 1.50 bits per heavy atom. The van der Waals surface area contributed by atoms with Crippen LogP contribution in [0.3, 0.4) is 0 Å². The third-order valence-electron chi connectivity index (χ3n) is 5.47. The maximum absolute atomic E-state index is 12.7. The number of urea groups is 1. The van der Waals surface area contributed by atoms with Crippen molar-refractivity contribution >= 4 is 46.0 Å². The van der Waals surface area contributed by atoms with Gasteiger partial charge in [-0.25, -0.2) is 9.78 Å². The van der Waals surface area contributed by atoms with Crippen LogP contribution in [0.2, 0.25) is 0 Å². The maximum Gasteiger partial charge on any atom is 0.323 e. The number of hydrogen-bond acceptors (Lipinski definition) is 5. The van der Waals surface area contributed by atoms with E-state index >= 15 is 0 Å². The van der Waals surface area contributed by atoms with Crippen molar-refractivity contribution in [2.75, 3.05) is 47.2 Å². The first kappa shape index (κ1) is 21.5. The number of nitrogens with zero attached hydrogens (tertiary/aromatic N) is 2. The summed E-state index contributed by atoms with van der Waals surface area (Å²) in [6.07, 6.45) is 0. The number of anilines is 4. The lowest BCUT2D eigenvalue weighted by Gasteiger charge is -2.26. The molecule has 34 heavy (non-hydrogen) atoms. The zero-order valence-electron chi connectivity index (χ0n) is 18.4. The summed E-state index contributed by atoms with van der Waals surface area (Å²) < 4.78 is 5.40. The Morgan fingerprint density at radius 1 is 0.824 bits per heavy atom. The molecule has 0 saturated carbocycles. The summed E-state index contributed by atoms with van der Waals surface area (Å²) >= 11 is 0. The van der Waals surface area contributed by atoms with Gasteiger partial charge >= 0.3 is 6.03 Å². The zero-order valence-corrected chi connectivity index (χ0v) is 18.4. The van der Waals surface area contributed by atoms with Crippen LogP contribution in [0.1, 0.15) is 10.4 Å². The third kappa shape index (κ3) is 5.00. The molecule has 1 saturated heterocycles. The topological polar surface area (TPSA) is 111 Å². The summed E-state index contributed by atoms with van der Waals surface area (Å²) in [6, 6.07) is 21.1. The number of fused-ring (bicyclic) bond motifs is 1. The molecule has 4 N–H and O–H groups in total. The number of aromatic amines is 1. The number of benzene rings is 3. The van der Waals surface area contributed by atoms with Crippen LogP contribution in [0.4, 0.5) is 27.8 Å². The van der Waals surface area contributed by atoms with Crippen molar-refractivity contribution in [3.05, 3.63) is 78.4 Å². The first-order valence-electron chi connectivity index (χ1n) is 11.0. The molecule has 3 amide bonds. The summed E-state index contributed by atoms with van der Waals surface area (Å²) in [5.74, 6) is 0.564. The SMILES string of the molecule is O=C(Nc1ccccc1)Nc1ccc(C(=O)Nc2ccc3nc(N4CCOCC4)[nH]c3c2)cc1. The van der Waals surface area contributed by atoms with Crippen LogP contribution in [0.25, 0.3) is 11.0 Å². The highest BCUT2D eigenvalue weighted by Crippen LogP contribution is 2.22. The average molecular weight is 457 g/mol. The standard InChI is InChI=1S/C25H24N6O3/c32-23(17-6-8-19(9-7-17)28-25(33)27-18-4-2-1-3-5-18)26-20-10-11-21-22(16-20)30-24(29-21)31-12-14-34-15-13-31/h1-11,16H,12-15H2,(H,26,32)(H,29,30)(H2,27,28,33). The Bertz CT molecular complexity index is 1300. The van der Waals surface area contributed by atoms with Crippen LogP contribution in [0.15, 0.2) is 72.8 Å². The van der Waals surface area contributed by atoms with E-state index in [4.69, 9.17) is 4.74 Å². The molecule has 0 aliphatic carbocycles. The number of rotatable bonds is 5. The predicted octanol–water partition coefficient (Wildman–Crippen LogP) is 4.30. The summed E-state index contributed by atoms with van der Waals surface area (Å²) in [5, 5.41) is 8.41. The Labute approximate surface area is 196 Å². The second-order valence-corrected chi connectivity index (χ2v) is 7.87. The molecule has 1 aliphatic heterocycles. The Morgan fingerprint density at radius 3 is 2.24 bits per heavy atom. The number of imidazole rings is 1. The second kappa shape index (κ2) is 9.63. The van der Waals surface area contributed by atoms with E-state index in [0.717, 1.165) is 30.1 Å². The molecular weight excluding hydrogens is 432 g/mol. The van der Waals surface area contributed by atoms with Crippen molar-refractivity contribution in [2.24, 2.45) is 0 Å². The van der Waals surface area contributed by atoms with Gasteiger partial charge in [-0.3, -0.25) is 4.79 Å². The van der Waals surface area contributed by atoms with Gasteiger partial charge in [-0.05, 0) is 54.6 Å². The predicted molar refractivity (Wildman–Crippen MR) is 133 cm³/mol. The summed E-state index contributed by atoms with van der Waals surface area (Å²) in [5.41, 5.74) is 4.11. The van der Waals surface area contributed by atoms with E-state index in [0.29, 0.717) is 35.8 Å². The number of amides is 3. The largest absolute Gasteiger partial charge is 0.378 e. The molecule has 5 rings (SSSR count). The molecule has 0 atom stereocenters. The zero-order chi connectivity index (χ0) is 23.3. The molecule has 1 fully saturated rings. The van der Waals surface area contributed by atoms with Gasteiger partial charge in [0.25, 0.3) is 5.91 Å². The lowest BCUT2D eigenvalue weighted by atomic mass is 10.2. The van der Waals surface area contributed by atoms with Gasteiger partial charge in [0.15, 0.2) is 0 Å². The summed E-state index contributed by atoms with van der Waals surface area (Å²) in [6.45, 7) is 2.96. The number of morpholine rings is 1. The lowest BCUT2D eigenvalue weighted by molar-refractivity contribution is 0.102. The van der Waals surface area contributed by atoms with E-state index < -0.39 is 0 Å². The minimum atomic E-state index is -0.354. The van der Waals surface area contributed by atoms with Crippen LogP contribution in [-0.4, -0.2) is 48.2 Å². The van der Waals surface area contributed by atoms with Crippen LogP contribution < -0.4 is 20.9 Å². The minimum Gasteiger partial charge on any atom is -0.378 e. The number of para-hydroxylation sites is 1. The Balaban J connectivity index is 1.21. The van der Waals surface area contributed by atoms with Crippen molar-refractivity contribution in [1.29, 1.82) is 0 Å². The van der Waals surface area contributed by atoms with Gasteiger partial charge in [0.2, 0.25) is 5.95 Å². The number of hydrogen-bond donors (Lipinski definition) is 4. The van der Waals surface area contributed by atoms with Gasteiger partial charge in [-0.2, -0.15) is 0 Å². The van der Waals surface area contributed by atoms with Gasteiger partial charge < -0.3 is 30.6 Å². The molecule has 0 radical (unpaired) electrons. The second-order valence-electron chi connectivity index (χ2n) is 7.87. The van der Waals surface area contributed by atoms with Gasteiger partial charge in [-0.15, -0.1) is 0 Å². The monoisotopic (exact) mass is 456 g/mol. The molecule has 1 aromatic heterocycles. The first-order chi connectivity index (χ1) is 16.6. The van der Waals surface area contributed by atoms with E-state index in [-0.39, 0.29) is 11.9 Å². The van der Waals surface area contributed by atoms with Crippen LogP contribution in [-0.2, 0) is 4.74 Å². The molecule has 9 heteroatoms. The number of H-pyrrole nitrogens is 1. The van der Waals surface area contributed by atoms with E-state index in [1.165, 1.54) is 0 Å². The maximum atomic E-state index is 12.7. The van der Waals surface area contributed by atoms with Crippen molar-refractivity contribution in [2.45, 2.75) is 0 Å². The molecule has 0 bridgehead atoms. The van der Waals surface area contributed by atoms with E-state index in [1.807, 2.05) is 36.4 Å². The van der Waals surface area contributed by atoms with Crippen molar-refractivity contribution in [3.63, 3.8) is 0 Å². The van der Waals surface area contributed by atoms with Gasteiger partial charge in [0.1, 0.15) is 0 Å². The molecule has 1 aliphatic rings. The highest BCUT2D eigenvalue weighted by atomic mass is 16.5. The fourth-order valence-electron chi connectivity index (χ4n) is 3.72. The van der Waals surface area contributed by atoms with Crippen LogP contribution in [0, 0.1) is 0 Å². The molecule has 4 aromatic rings. The van der Waals surface area contributed by atoms with Crippen molar-refractivity contribution in [3.8, 4) is 0 Å². The molecule has 0 unspecified atom stereocenters. The summed E-state index contributed by atoms with van der Waals surface area (Å²) in [7, 11) is 0. The Hall–Kier alpha value is -4.37. The molecule has 0 spiro atoms. The van der Waals surface area contributed by atoms with Crippen LogP contribution in [0.5, 0.6) is 0 Å². The average Bonchev–Trinajstić information content (AvgIpc) is 3.29. The Kier molecular flexibility index (Phi) is 6.09. The molecule has 3 aromatic carbocycles. The smallest absolute Gasteiger partial charge is 0.323 e. The highest BCUT2D eigenvalue weighted by Gasteiger charge is 2.15. The first-order valence-corrected chi connectivity index (χ1v) is 11.0. The number of carbonyl (C=O) groups excluding carboxylic acids is 2. The van der Waals surface area contributed by atoms with Crippen LogP contribution >= 0.6 is 0 Å². The van der Waals surface area contributed by atoms with E-state index in [9.17, 15) is 9.59 Å². The quantitative estimate of drug-likeness (QED) is 0.358. The molecule has 9 nitrogen and oxygen atoms in total. The van der Waals surface area contributed by atoms with E-state index in [2.05, 4.69) is 30.8 Å². The fourth-order valence-corrected chi connectivity index (χ4v) is 3.72. The van der Waals surface area contributed by atoms with Gasteiger partial charge in [0, 0.05) is 35.7 Å². The van der Waals surface area contributed by atoms with Gasteiger partial charge in [0.05, 0.1) is 24.2 Å². The van der Waals surface area contributed by atoms with Gasteiger partial charge in [-0.1, -0.05) is 18.2 Å². The molecular formula is C25H24N6O3.